The zero-order valence-corrected chi connectivity index (χ0v) is 14.0. The second-order valence-electron chi connectivity index (χ2n) is 6.37. The minimum atomic E-state index is -0.749. The maximum absolute atomic E-state index is 12.6. The summed E-state index contributed by atoms with van der Waals surface area (Å²) in [7, 11) is 1.49. The lowest BCUT2D eigenvalue weighted by Gasteiger charge is -2.41. The molecule has 1 aromatic rings. The lowest BCUT2D eigenvalue weighted by Crippen LogP contribution is -2.55. The number of amides is 2. The first kappa shape index (κ1) is 17.5. The van der Waals surface area contributed by atoms with Crippen LogP contribution in [-0.2, 0) is 4.74 Å². The predicted octanol–water partition coefficient (Wildman–Crippen LogP) is 2.93. The highest BCUT2D eigenvalue weighted by molar-refractivity contribution is 6.07. The highest BCUT2D eigenvalue weighted by Gasteiger charge is 2.40. The van der Waals surface area contributed by atoms with E-state index in [9.17, 15) is 19.7 Å². The molecular formula is C16H19N3O5. The molecule has 1 heterocycles. The number of nitrogens with zero attached hydrogens (tertiary/aromatic N) is 3. The lowest BCUT2D eigenvalue weighted by atomic mass is 10.0. The molecule has 1 unspecified atom stereocenters. The Morgan fingerprint density at radius 2 is 2.04 bits per heavy atom. The van der Waals surface area contributed by atoms with Crippen LogP contribution in [0.2, 0.25) is 0 Å². The summed E-state index contributed by atoms with van der Waals surface area (Å²) in [6.45, 7) is 8.84. The van der Waals surface area contributed by atoms with E-state index < -0.39 is 28.7 Å². The van der Waals surface area contributed by atoms with Gasteiger partial charge in [-0.1, -0.05) is 6.58 Å². The Labute approximate surface area is 139 Å². The summed E-state index contributed by atoms with van der Waals surface area (Å²) in [4.78, 5) is 38.0. The summed E-state index contributed by atoms with van der Waals surface area (Å²) < 4.78 is 5.39. The van der Waals surface area contributed by atoms with Crippen LogP contribution in [0.4, 0.5) is 16.2 Å². The summed E-state index contributed by atoms with van der Waals surface area (Å²) in [5.41, 5.74) is -0.640. The number of non-ortho nitro benzene ring substituents is 1. The number of rotatable bonds is 2. The predicted molar refractivity (Wildman–Crippen MR) is 87.9 cm³/mol. The van der Waals surface area contributed by atoms with Gasteiger partial charge in [0.05, 0.1) is 16.2 Å². The number of anilines is 1. The van der Waals surface area contributed by atoms with Crippen molar-refractivity contribution in [1.82, 2.24) is 4.90 Å². The monoisotopic (exact) mass is 333 g/mol. The van der Waals surface area contributed by atoms with Gasteiger partial charge in [-0.15, -0.1) is 0 Å². The standard InChI is InChI=1S/C16H19N3O5/c1-6-13-17(5)14(20)11-9-10(19(22)23)7-8-12(11)18(13)15(21)24-16(2,3)4/h6-9,13H,1H2,2-5H3. The van der Waals surface area contributed by atoms with Crippen LogP contribution in [0.5, 0.6) is 0 Å². The second kappa shape index (κ2) is 5.95. The second-order valence-corrected chi connectivity index (χ2v) is 6.37. The van der Waals surface area contributed by atoms with Crippen LogP contribution in [0.25, 0.3) is 0 Å². The van der Waals surface area contributed by atoms with Gasteiger partial charge in [0.25, 0.3) is 11.6 Å². The molecule has 0 radical (unpaired) electrons. The molecule has 0 aliphatic carbocycles. The third kappa shape index (κ3) is 3.08. The van der Waals surface area contributed by atoms with Crippen LogP contribution in [0, 0.1) is 10.1 Å². The Balaban J connectivity index is 2.59. The van der Waals surface area contributed by atoms with Crippen molar-refractivity contribution >= 4 is 23.4 Å². The largest absolute Gasteiger partial charge is 0.443 e. The molecule has 24 heavy (non-hydrogen) atoms. The normalized spacial score (nSPS) is 17.3. The van der Waals surface area contributed by atoms with Crippen molar-refractivity contribution in [3.8, 4) is 0 Å². The number of hydrogen-bond donors (Lipinski definition) is 0. The Morgan fingerprint density at radius 1 is 1.42 bits per heavy atom. The summed E-state index contributed by atoms with van der Waals surface area (Å²) in [5.74, 6) is -0.432. The molecule has 128 valence electrons. The minimum absolute atomic E-state index is 0.0654. The Kier molecular flexibility index (Phi) is 4.33. The van der Waals surface area contributed by atoms with Crippen molar-refractivity contribution in [2.75, 3.05) is 11.9 Å². The van der Waals surface area contributed by atoms with Crippen LogP contribution in [0.3, 0.4) is 0 Å². The van der Waals surface area contributed by atoms with Gasteiger partial charge < -0.3 is 9.64 Å². The number of hydrogen-bond acceptors (Lipinski definition) is 5. The van der Waals surface area contributed by atoms with Gasteiger partial charge in [0.2, 0.25) is 0 Å². The molecule has 0 saturated carbocycles. The van der Waals surface area contributed by atoms with Gasteiger partial charge in [-0.05, 0) is 32.9 Å². The number of ether oxygens (including phenoxy) is 1. The maximum atomic E-state index is 12.6. The van der Waals surface area contributed by atoms with Crippen molar-refractivity contribution in [2.24, 2.45) is 0 Å². The lowest BCUT2D eigenvalue weighted by molar-refractivity contribution is -0.384. The van der Waals surface area contributed by atoms with E-state index in [1.165, 1.54) is 35.1 Å². The van der Waals surface area contributed by atoms with Gasteiger partial charge in [-0.3, -0.25) is 19.8 Å². The summed E-state index contributed by atoms with van der Waals surface area (Å²) in [6, 6.07) is 3.78. The molecule has 0 spiro atoms. The molecule has 0 bridgehead atoms. The van der Waals surface area contributed by atoms with Gasteiger partial charge in [0, 0.05) is 19.2 Å². The van der Waals surface area contributed by atoms with Crippen molar-refractivity contribution in [3.05, 3.63) is 46.5 Å². The number of carbonyl (C=O) groups excluding carboxylic acids is 2. The van der Waals surface area contributed by atoms with Crippen molar-refractivity contribution < 1.29 is 19.2 Å². The fourth-order valence-electron chi connectivity index (χ4n) is 2.43. The minimum Gasteiger partial charge on any atom is -0.443 e. The van der Waals surface area contributed by atoms with Crippen molar-refractivity contribution in [3.63, 3.8) is 0 Å². The number of likely N-dealkylation sites (N-methyl/N-ethyl adjacent to an activating group) is 1. The average Bonchev–Trinajstić information content (AvgIpc) is 2.48. The first-order valence-electron chi connectivity index (χ1n) is 7.27. The number of carbonyl (C=O) groups is 2. The fourth-order valence-corrected chi connectivity index (χ4v) is 2.43. The number of fused-ring (bicyclic) bond motifs is 1. The molecule has 8 heteroatoms. The zero-order chi connectivity index (χ0) is 18.2. The first-order chi connectivity index (χ1) is 11.1. The summed E-state index contributed by atoms with van der Waals surface area (Å²) in [5, 5.41) is 11.0. The van der Waals surface area contributed by atoms with E-state index >= 15 is 0 Å². The van der Waals surface area contributed by atoms with Crippen LogP contribution in [0.1, 0.15) is 31.1 Å². The molecule has 2 amide bonds. The molecule has 0 fully saturated rings. The SMILES string of the molecule is C=CC1N(C)C(=O)c2cc([N+](=O)[O-])ccc2N1C(=O)OC(C)(C)C. The van der Waals surface area contributed by atoms with E-state index in [0.717, 1.165) is 6.07 Å². The molecule has 0 aromatic heterocycles. The molecule has 0 saturated heterocycles. The molecule has 1 aliphatic heterocycles. The van der Waals surface area contributed by atoms with Crippen molar-refractivity contribution in [2.45, 2.75) is 32.5 Å². The van der Waals surface area contributed by atoms with E-state index in [0.29, 0.717) is 0 Å². The van der Waals surface area contributed by atoms with E-state index in [2.05, 4.69) is 6.58 Å². The highest BCUT2D eigenvalue weighted by atomic mass is 16.6. The molecule has 1 aliphatic rings. The van der Waals surface area contributed by atoms with E-state index in [-0.39, 0.29) is 16.9 Å². The van der Waals surface area contributed by atoms with Gasteiger partial charge in [-0.25, -0.2) is 4.79 Å². The highest BCUT2D eigenvalue weighted by Crippen LogP contribution is 2.34. The van der Waals surface area contributed by atoms with E-state index in [1.54, 1.807) is 20.8 Å². The molecule has 1 atom stereocenters. The van der Waals surface area contributed by atoms with Crippen LogP contribution in [-0.4, -0.2) is 40.6 Å². The average molecular weight is 333 g/mol. The third-order valence-electron chi connectivity index (χ3n) is 3.46. The van der Waals surface area contributed by atoms with E-state index in [4.69, 9.17) is 4.74 Å². The van der Waals surface area contributed by atoms with Gasteiger partial charge in [0.15, 0.2) is 0 Å². The molecule has 8 nitrogen and oxygen atoms in total. The summed E-state index contributed by atoms with van der Waals surface area (Å²) in [6.07, 6.45) is 0.0229. The van der Waals surface area contributed by atoms with Crippen LogP contribution in [0.15, 0.2) is 30.9 Å². The number of nitro benzene ring substituents is 1. The summed E-state index contributed by atoms with van der Waals surface area (Å²) >= 11 is 0. The molecular weight excluding hydrogens is 314 g/mol. The third-order valence-corrected chi connectivity index (χ3v) is 3.46. The van der Waals surface area contributed by atoms with Gasteiger partial charge in [0.1, 0.15) is 11.8 Å². The van der Waals surface area contributed by atoms with Gasteiger partial charge >= 0.3 is 6.09 Å². The van der Waals surface area contributed by atoms with E-state index in [1.807, 2.05) is 0 Å². The van der Waals surface area contributed by atoms with Crippen LogP contribution >= 0.6 is 0 Å². The fraction of sp³-hybridized carbons (Fsp3) is 0.375. The maximum Gasteiger partial charge on any atom is 0.416 e. The molecule has 1 aromatic carbocycles. The first-order valence-corrected chi connectivity index (χ1v) is 7.27. The van der Waals surface area contributed by atoms with Gasteiger partial charge in [-0.2, -0.15) is 0 Å². The molecule has 0 N–H and O–H groups in total. The Morgan fingerprint density at radius 3 is 2.54 bits per heavy atom. The van der Waals surface area contributed by atoms with Crippen molar-refractivity contribution in [1.29, 1.82) is 0 Å². The quantitative estimate of drug-likeness (QED) is 0.471. The smallest absolute Gasteiger partial charge is 0.416 e. The Bertz CT molecular complexity index is 723. The molecule has 2 rings (SSSR count). The number of nitro groups is 1. The zero-order valence-electron chi connectivity index (χ0n) is 14.0. The van der Waals surface area contributed by atoms with Crippen LogP contribution < -0.4 is 4.90 Å². The number of benzene rings is 1. The topological polar surface area (TPSA) is 93.0 Å². The Hall–Kier alpha value is -2.90.